The molecule has 0 radical (unpaired) electrons. The van der Waals surface area contributed by atoms with Gasteiger partial charge in [-0.05, 0) is 113 Å². The van der Waals surface area contributed by atoms with Crippen LogP contribution in [0.3, 0.4) is 0 Å². The molecule has 0 heterocycles. The van der Waals surface area contributed by atoms with Crippen molar-refractivity contribution in [3.63, 3.8) is 0 Å². The van der Waals surface area contributed by atoms with Crippen molar-refractivity contribution in [2.45, 2.75) is 110 Å². The van der Waals surface area contributed by atoms with Crippen molar-refractivity contribution < 1.29 is 19.6 Å². The number of hydrogen-bond donors (Lipinski definition) is 1. The topological polar surface area (TPSA) is 47.9 Å². The highest BCUT2D eigenvalue weighted by atomic mass is 17.2. The normalized spacial score (nSPS) is 47.4. The molecule has 0 aromatic carbocycles. The minimum absolute atomic E-state index is 0.0489. The Kier molecular flexibility index (Phi) is 6.14. The molecule has 0 aromatic rings. The molecule has 168 valence electrons. The van der Waals surface area contributed by atoms with Crippen molar-refractivity contribution >= 4 is 0 Å². The van der Waals surface area contributed by atoms with Gasteiger partial charge in [-0.2, -0.15) is 0 Å². The molecule has 29 heavy (non-hydrogen) atoms. The molecule has 1 N–H and O–H groups in total. The maximum absolute atomic E-state index is 10.2. The van der Waals surface area contributed by atoms with Crippen molar-refractivity contribution in [3.8, 4) is 0 Å². The molecule has 4 saturated carbocycles. The second-order valence-electron chi connectivity index (χ2n) is 12.1. The zero-order valence-electron chi connectivity index (χ0n) is 19.4. The van der Waals surface area contributed by atoms with E-state index in [2.05, 4.69) is 13.8 Å². The second-order valence-corrected chi connectivity index (χ2v) is 12.1. The largest absolute Gasteiger partial charge is 0.393 e. The van der Waals surface area contributed by atoms with E-state index in [9.17, 15) is 5.11 Å². The lowest BCUT2D eigenvalue weighted by Gasteiger charge is -2.60. The highest BCUT2D eigenvalue weighted by Crippen LogP contribution is 2.66. The lowest BCUT2D eigenvalue weighted by molar-refractivity contribution is -0.352. The third-order valence-electron chi connectivity index (χ3n) is 9.35. The average molecular weight is 409 g/mol. The summed E-state index contributed by atoms with van der Waals surface area (Å²) in [6, 6.07) is 0. The van der Waals surface area contributed by atoms with E-state index in [1.165, 1.54) is 44.9 Å². The Balaban J connectivity index is 1.36. The zero-order chi connectivity index (χ0) is 20.9. The van der Waals surface area contributed by atoms with Gasteiger partial charge >= 0.3 is 0 Å². The summed E-state index contributed by atoms with van der Waals surface area (Å²) in [6.07, 6.45) is 11.5. The summed E-state index contributed by atoms with van der Waals surface area (Å²) < 4.78 is 6.38. The van der Waals surface area contributed by atoms with Gasteiger partial charge in [0.15, 0.2) is 0 Å². The Bertz CT molecular complexity index is 572. The van der Waals surface area contributed by atoms with Crippen LogP contribution in [0, 0.1) is 34.5 Å². The lowest BCUT2D eigenvalue weighted by Crippen LogP contribution is -2.54. The Morgan fingerprint density at radius 2 is 1.59 bits per heavy atom. The van der Waals surface area contributed by atoms with Gasteiger partial charge in [0, 0.05) is 0 Å². The van der Waals surface area contributed by atoms with E-state index in [1.54, 1.807) is 0 Å². The number of aliphatic hydroxyl groups excluding tert-OH is 1. The maximum Gasteiger partial charge on any atom is 0.106 e. The molecule has 0 aromatic heterocycles. The summed E-state index contributed by atoms with van der Waals surface area (Å²) in [5, 5.41) is 10.2. The van der Waals surface area contributed by atoms with Crippen molar-refractivity contribution in [3.05, 3.63) is 0 Å². The Morgan fingerprint density at radius 1 is 0.862 bits per heavy atom. The van der Waals surface area contributed by atoms with Crippen LogP contribution in [-0.4, -0.2) is 36.1 Å². The summed E-state index contributed by atoms with van der Waals surface area (Å²) in [4.78, 5) is 10.7. The zero-order valence-corrected chi connectivity index (χ0v) is 19.4. The molecule has 8 unspecified atom stereocenters. The minimum atomic E-state index is -0.271. The van der Waals surface area contributed by atoms with Gasteiger partial charge < -0.3 is 9.84 Å². The average Bonchev–Trinajstić information content (AvgIpc) is 2.98. The lowest BCUT2D eigenvalue weighted by atomic mass is 9.45. The Labute approximate surface area is 178 Å². The molecule has 4 heteroatoms. The van der Waals surface area contributed by atoms with Gasteiger partial charge in [0.2, 0.25) is 0 Å². The minimum Gasteiger partial charge on any atom is -0.393 e. The first kappa shape index (κ1) is 22.0. The van der Waals surface area contributed by atoms with E-state index in [0.29, 0.717) is 30.1 Å². The Hall–Kier alpha value is -0.160. The molecule has 4 fully saturated rings. The summed E-state index contributed by atoms with van der Waals surface area (Å²) >= 11 is 0. The van der Waals surface area contributed by atoms with Crippen LogP contribution in [-0.2, 0) is 14.5 Å². The third-order valence-corrected chi connectivity index (χ3v) is 9.35. The van der Waals surface area contributed by atoms with Crippen LogP contribution in [0.4, 0.5) is 0 Å². The van der Waals surface area contributed by atoms with Gasteiger partial charge in [0.25, 0.3) is 0 Å². The summed E-state index contributed by atoms with van der Waals surface area (Å²) in [5.41, 5.74) is 0.511. The van der Waals surface area contributed by atoms with Crippen LogP contribution in [0.2, 0.25) is 0 Å². The number of fused-ring (bicyclic) bond motifs is 5. The van der Waals surface area contributed by atoms with Gasteiger partial charge in [0.05, 0.1) is 24.4 Å². The summed E-state index contributed by atoms with van der Waals surface area (Å²) in [5.74, 6) is 3.27. The second kappa shape index (κ2) is 8.07. The van der Waals surface area contributed by atoms with Gasteiger partial charge in [-0.3, -0.25) is 0 Å². The first-order valence-corrected chi connectivity index (χ1v) is 12.2. The number of aliphatic hydroxyl groups is 1. The van der Waals surface area contributed by atoms with Gasteiger partial charge in [-0.1, -0.05) is 13.8 Å². The van der Waals surface area contributed by atoms with Crippen LogP contribution in [0.5, 0.6) is 0 Å². The van der Waals surface area contributed by atoms with E-state index in [-0.39, 0.29) is 11.7 Å². The van der Waals surface area contributed by atoms with E-state index < -0.39 is 0 Å². The molecule has 0 spiro atoms. The standard InChI is InChI=1S/C25H44O4/c1-23(2,3)29-28-15-14-27-22-9-8-20-19-7-6-17-16-18(26)10-12-24(17,4)21(19)11-13-25(20,22)5/h17-22,26H,6-16H2,1-5H3. The van der Waals surface area contributed by atoms with Gasteiger partial charge in [-0.15, -0.1) is 0 Å². The fourth-order valence-electron chi connectivity index (χ4n) is 7.90. The molecule has 4 aliphatic rings. The maximum atomic E-state index is 10.2. The smallest absolute Gasteiger partial charge is 0.106 e. The highest BCUT2D eigenvalue weighted by Gasteiger charge is 2.60. The van der Waals surface area contributed by atoms with Crippen LogP contribution < -0.4 is 0 Å². The predicted octanol–water partition coefficient (Wildman–Crippen LogP) is 5.52. The van der Waals surface area contributed by atoms with Crippen LogP contribution in [0.1, 0.15) is 92.4 Å². The molecular weight excluding hydrogens is 364 g/mol. The van der Waals surface area contributed by atoms with Crippen molar-refractivity contribution in [1.82, 2.24) is 0 Å². The number of rotatable bonds is 5. The molecule has 4 aliphatic carbocycles. The van der Waals surface area contributed by atoms with E-state index >= 15 is 0 Å². The molecule has 0 saturated heterocycles. The molecule has 0 bridgehead atoms. The van der Waals surface area contributed by atoms with E-state index in [4.69, 9.17) is 14.5 Å². The quantitative estimate of drug-likeness (QED) is 0.369. The summed E-state index contributed by atoms with van der Waals surface area (Å²) in [6.45, 7) is 12.2. The molecule has 0 amide bonds. The van der Waals surface area contributed by atoms with Crippen LogP contribution in [0.15, 0.2) is 0 Å². The van der Waals surface area contributed by atoms with Gasteiger partial charge in [-0.25, -0.2) is 9.78 Å². The van der Waals surface area contributed by atoms with E-state index in [1.807, 2.05) is 20.8 Å². The molecule has 0 aliphatic heterocycles. The first-order valence-electron chi connectivity index (χ1n) is 12.2. The Morgan fingerprint density at radius 3 is 2.34 bits per heavy atom. The van der Waals surface area contributed by atoms with Crippen molar-refractivity contribution in [2.75, 3.05) is 13.2 Å². The SMILES string of the molecule is CC(C)(C)OOCCOC1CCC2C3CCC4CC(O)CCC4(C)C3CCC12C. The molecule has 4 nitrogen and oxygen atoms in total. The van der Waals surface area contributed by atoms with Crippen molar-refractivity contribution in [2.24, 2.45) is 34.5 Å². The van der Waals surface area contributed by atoms with Crippen LogP contribution >= 0.6 is 0 Å². The molecule has 4 rings (SSSR count). The highest BCUT2D eigenvalue weighted by molar-refractivity contribution is 5.09. The molecule has 8 atom stereocenters. The number of hydrogen-bond acceptors (Lipinski definition) is 4. The van der Waals surface area contributed by atoms with E-state index in [0.717, 1.165) is 36.5 Å². The monoisotopic (exact) mass is 408 g/mol. The fraction of sp³-hybridized carbons (Fsp3) is 1.00. The third kappa shape index (κ3) is 4.16. The number of ether oxygens (including phenoxy) is 1. The fourth-order valence-corrected chi connectivity index (χ4v) is 7.90. The predicted molar refractivity (Wildman–Crippen MR) is 114 cm³/mol. The first-order chi connectivity index (χ1) is 13.6. The van der Waals surface area contributed by atoms with Crippen molar-refractivity contribution in [1.29, 1.82) is 0 Å². The van der Waals surface area contributed by atoms with Gasteiger partial charge in [0.1, 0.15) is 6.61 Å². The van der Waals surface area contributed by atoms with Crippen LogP contribution in [0.25, 0.3) is 0 Å². The molecular formula is C25H44O4. The summed E-state index contributed by atoms with van der Waals surface area (Å²) in [7, 11) is 0.